The van der Waals surface area contributed by atoms with Gasteiger partial charge in [-0.05, 0) is 6.92 Å². The lowest BCUT2D eigenvalue weighted by Crippen LogP contribution is -2.50. The van der Waals surface area contributed by atoms with E-state index in [1.54, 1.807) is 11.3 Å². The Morgan fingerprint density at radius 1 is 1.43 bits per heavy atom. The van der Waals surface area contributed by atoms with E-state index in [0.717, 1.165) is 55.1 Å². The molecule has 3 heterocycles. The van der Waals surface area contributed by atoms with E-state index < -0.39 is 0 Å². The molecule has 1 unspecified atom stereocenters. The average molecular weight is 326 g/mol. The van der Waals surface area contributed by atoms with Crippen molar-refractivity contribution in [1.29, 1.82) is 0 Å². The van der Waals surface area contributed by atoms with Crippen molar-refractivity contribution in [2.75, 3.05) is 49.1 Å². The molecule has 2 aliphatic heterocycles. The molecule has 2 fully saturated rings. The molecule has 1 atom stereocenters. The van der Waals surface area contributed by atoms with Gasteiger partial charge < -0.3 is 15.1 Å². The van der Waals surface area contributed by atoms with Crippen LogP contribution in [0.1, 0.15) is 12.1 Å². The third kappa shape index (κ3) is 3.90. The lowest BCUT2D eigenvalue weighted by atomic mass is 10.2. The highest BCUT2D eigenvalue weighted by atomic mass is 32.2. The van der Waals surface area contributed by atoms with Crippen LogP contribution in [0.2, 0.25) is 0 Å². The molecular weight excluding hydrogens is 304 g/mol. The van der Waals surface area contributed by atoms with Gasteiger partial charge in [0.2, 0.25) is 5.91 Å². The predicted octanol–water partition coefficient (Wildman–Crippen LogP) is 1.20. The van der Waals surface area contributed by atoms with Gasteiger partial charge in [0.1, 0.15) is 0 Å². The Hall–Kier alpha value is -0.790. The second-order valence-electron chi connectivity index (χ2n) is 5.57. The fraction of sp³-hybridized carbons (Fsp3) is 0.714. The standard InChI is InChI=1S/C14H22N4OS2/c1-11-9-21-14(16-11)18-5-3-17(4-6-18)13(19)8-12-10-20-7-2-15-12/h9,12,15H,2-8,10H2,1H3. The van der Waals surface area contributed by atoms with Crippen LogP contribution in [0.3, 0.4) is 0 Å². The first-order valence-electron chi connectivity index (χ1n) is 7.48. The first kappa shape index (κ1) is 15.1. The van der Waals surface area contributed by atoms with Crippen LogP contribution in [-0.4, -0.2) is 66.1 Å². The van der Waals surface area contributed by atoms with Crippen molar-refractivity contribution in [2.24, 2.45) is 0 Å². The number of hydrogen-bond donors (Lipinski definition) is 1. The number of aromatic nitrogens is 1. The zero-order valence-electron chi connectivity index (χ0n) is 12.4. The minimum Gasteiger partial charge on any atom is -0.345 e. The number of nitrogens with zero attached hydrogens (tertiary/aromatic N) is 3. The van der Waals surface area contributed by atoms with Crippen molar-refractivity contribution in [3.8, 4) is 0 Å². The van der Waals surface area contributed by atoms with E-state index in [2.05, 4.69) is 20.6 Å². The molecule has 116 valence electrons. The van der Waals surface area contributed by atoms with Gasteiger partial charge in [0.25, 0.3) is 0 Å². The number of thiazole rings is 1. The topological polar surface area (TPSA) is 48.5 Å². The Labute approximate surface area is 134 Å². The summed E-state index contributed by atoms with van der Waals surface area (Å²) in [5.74, 6) is 2.52. The molecular formula is C14H22N4OS2. The van der Waals surface area contributed by atoms with Gasteiger partial charge in [-0.2, -0.15) is 11.8 Å². The van der Waals surface area contributed by atoms with Crippen LogP contribution in [-0.2, 0) is 4.79 Å². The van der Waals surface area contributed by atoms with Gasteiger partial charge >= 0.3 is 0 Å². The van der Waals surface area contributed by atoms with Crippen LogP contribution in [0.25, 0.3) is 0 Å². The summed E-state index contributed by atoms with van der Waals surface area (Å²) in [6, 6.07) is 0.357. The molecule has 0 radical (unpaired) electrons. The summed E-state index contributed by atoms with van der Waals surface area (Å²) in [6.45, 7) is 6.47. The van der Waals surface area contributed by atoms with Crippen molar-refractivity contribution in [3.63, 3.8) is 0 Å². The van der Waals surface area contributed by atoms with Crippen molar-refractivity contribution < 1.29 is 4.79 Å². The second-order valence-corrected chi connectivity index (χ2v) is 7.56. The first-order valence-corrected chi connectivity index (χ1v) is 9.52. The van der Waals surface area contributed by atoms with Gasteiger partial charge in [-0.25, -0.2) is 4.98 Å². The van der Waals surface area contributed by atoms with Gasteiger partial charge in [0.15, 0.2) is 5.13 Å². The monoisotopic (exact) mass is 326 g/mol. The Kier molecular flexibility index (Phi) is 5.03. The van der Waals surface area contributed by atoms with Crippen molar-refractivity contribution in [1.82, 2.24) is 15.2 Å². The highest BCUT2D eigenvalue weighted by Crippen LogP contribution is 2.21. The number of nitrogens with one attached hydrogen (secondary N) is 1. The molecule has 2 saturated heterocycles. The summed E-state index contributed by atoms with van der Waals surface area (Å²) in [5, 5.41) is 6.61. The van der Waals surface area contributed by atoms with Gasteiger partial charge in [-0.3, -0.25) is 4.79 Å². The number of rotatable bonds is 3. The maximum absolute atomic E-state index is 12.4. The second kappa shape index (κ2) is 6.98. The number of aryl methyl sites for hydroxylation is 1. The normalized spacial score (nSPS) is 23.4. The molecule has 0 aliphatic carbocycles. The molecule has 21 heavy (non-hydrogen) atoms. The fourth-order valence-corrected chi connectivity index (χ4v) is 4.53. The number of thioether (sulfide) groups is 1. The number of carbonyl (C=O) groups is 1. The molecule has 1 amide bonds. The van der Waals surface area contributed by atoms with Crippen LogP contribution >= 0.6 is 23.1 Å². The lowest BCUT2D eigenvalue weighted by molar-refractivity contribution is -0.131. The molecule has 0 saturated carbocycles. The summed E-state index contributed by atoms with van der Waals surface area (Å²) in [5.41, 5.74) is 1.08. The van der Waals surface area contributed by atoms with Gasteiger partial charge in [0.05, 0.1) is 5.69 Å². The quantitative estimate of drug-likeness (QED) is 0.904. The minimum atomic E-state index is 0.296. The summed E-state index contributed by atoms with van der Waals surface area (Å²) in [6.07, 6.45) is 0.642. The average Bonchev–Trinajstić information content (AvgIpc) is 2.95. The predicted molar refractivity (Wildman–Crippen MR) is 89.4 cm³/mol. The van der Waals surface area contributed by atoms with Crippen LogP contribution in [0.4, 0.5) is 5.13 Å². The maximum Gasteiger partial charge on any atom is 0.224 e. The fourth-order valence-electron chi connectivity index (χ4n) is 2.72. The summed E-state index contributed by atoms with van der Waals surface area (Å²) < 4.78 is 0. The smallest absolute Gasteiger partial charge is 0.224 e. The van der Waals surface area contributed by atoms with E-state index in [9.17, 15) is 4.79 Å². The molecule has 7 heteroatoms. The number of amides is 1. The van der Waals surface area contributed by atoms with Crippen LogP contribution in [0.15, 0.2) is 5.38 Å². The molecule has 1 N–H and O–H groups in total. The SMILES string of the molecule is Cc1csc(N2CCN(C(=O)CC3CSCCN3)CC2)n1. The van der Waals surface area contributed by atoms with Crippen molar-refractivity contribution >= 4 is 34.1 Å². The zero-order valence-corrected chi connectivity index (χ0v) is 14.0. The minimum absolute atomic E-state index is 0.296. The molecule has 0 bridgehead atoms. The molecule has 0 aromatic carbocycles. The number of piperazine rings is 1. The van der Waals surface area contributed by atoms with Crippen LogP contribution in [0.5, 0.6) is 0 Å². The van der Waals surface area contributed by atoms with Crippen LogP contribution in [0, 0.1) is 6.92 Å². The molecule has 2 aliphatic rings. The van der Waals surface area contributed by atoms with E-state index in [1.165, 1.54) is 0 Å². The summed E-state index contributed by atoms with van der Waals surface area (Å²) >= 11 is 3.64. The van der Waals surface area contributed by atoms with Crippen LogP contribution < -0.4 is 10.2 Å². The maximum atomic E-state index is 12.4. The number of carbonyl (C=O) groups excluding carboxylic acids is 1. The largest absolute Gasteiger partial charge is 0.345 e. The number of hydrogen-bond acceptors (Lipinski definition) is 6. The van der Waals surface area contributed by atoms with Crippen molar-refractivity contribution in [2.45, 2.75) is 19.4 Å². The summed E-state index contributed by atoms with van der Waals surface area (Å²) in [7, 11) is 0. The van der Waals surface area contributed by atoms with E-state index in [-0.39, 0.29) is 0 Å². The first-order chi connectivity index (χ1) is 10.2. The zero-order chi connectivity index (χ0) is 14.7. The summed E-state index contributed by atoms with van der Waals surface area (Å²) in [4.78, 5) is 21.2. The van der Waals surface area contributed by atoms with Crippen molar-refractivity contribution in [3.05, 3.63) is 11.1 Å². The van der Waals surface area contributed by atoms with E-state index in [1.807, 2.05) is 23.6 Å². The molecule has 3 rings (SSSR count). The lowest BCUT2D eigenvalue weighted by Gasteiger charge is -2.35. The number of anilines is 1. The molecule has 1 aromatic heterocycles. The van der Waals surface area contributed by atoms with Gasteiger partial charge in [0, 0.05) is 62.1 Å². The van der Waals surface area contributed by atoms with Gasteiger partial charge in [-0.1, -0.05) is 0 Å². The van der Waals surface area contributed by atoms with E-state index in [0.29, 0.717) is 18.4 Å². The third-order valence-corrected chi connectivity index (χ3v) is 6.08. The molecule has 0 spiro atoms. The Balaban J connectivity index is 1.47. The third-order valence-electron chi connectivity index (χ3n) is 3.93. The van der Waals surface area contributed by atoms with Gasteiger partial charge in [-0.15, -0.1) is 11.3 Å². The highest BCUT2D eigenvalue weighted by Gasteiger charge is 2.25. The van der Waals surface area contributed by atoms with E-state index in [4.69, 9.17) is 0 Å². The molecule has 1 aromatic rings. The highest BCUT2D eigenvalue weighted by molar-refractivity contribution is 7.99. The Morgan fingerprint density at radius 2 is 2.24 bits per heavy atom. The Bertz CT molecular complexity index is 479. The van der Waals surface area contributed by atoms with E-state index >= 15 is 0 Å². The molecule has 5 nitrogen and oxygen atoms in total. The Morgan fingerprint density at radius 3 is 2.86 bits per heavy atom.